The molecule has 0 aromatic heterocycles. The van der Waals surface area contributed by atoms with Gasteiger partial charge < -0.3 is 26.6 Å². The number of nitrogens with one attached hydrogen (secondary N) is 4. The molecule has 2 fully saturated rings. The lowest BCUT2D eigenvalue weighted by atomic mass is 9.83. The Balaban J connectivity index is 1.73. The van der Waals surface area contributed by atoms with Crippen molar-refractivity contribution in [1.82, 2.24) is 20.9 Å². The molecule has 6 N–H and O–H groups in total. The second-order valence-electron chi connectivity index (χ2n) is 10.4. The number of amides is 3. The van der Waals surface area contributed by atoms with Gasteiger partial charge in [-0.05, 0) is 62.6 Å². The second kappa shape index (κ2) is 13.4. The van der Waals surface area contributed by atoms with Gasteiger partial charge in [-0.1, -0.05) is 43.5 Å². The molecule has 198 valence electrons. The fourth-order valence-electron chi connectivity index (χ4n) is 5.22. The highest BCUT2D eigenvalue weighted by atomic mass is 16.2. The normalized spacial score (nSPS) is 18.6. The van der Waals surface area contributed by atoms with E-state index < -0.39 is 17.9 Å². The largest absolute Gasteiger partial charge is 0.384 e. The molecule has 2 atom stereocenters. The van der Waals surface area contributed by atoms with Gasteiger partial charge >= 0.3 is 0 Å². The number of nitrogens with zero attached hydrogens (tertiary/aromatic N) is 1. The van der Waals surface area contributed by atoms with E-state index in [0.717, 1.165) is 63.6 Å². The van der Waals surface area contributed by atoms with Crippen molar-refractivity contribution in [3.8, 4) is 0 Å². The first-order valence-electron chi connectivity index (χ1n) is 13.2. The Labute approximate surface area is 214 Å². The summed E-state index contributed by atoms with van der Waals surface area (Å²) in [5.41, 5.74) is 6.92. The summed E-state index contributed by atoms with van der Waals surface area (Å²) in [7, 11) is 3.26. The molecule has 3 amide bonds. The molecule has 3 rings (SSSR count). The van der Waals surface area contributed by atoms with E-state index >= 15 is 0 Å². The van der Waals surface area contributed by atoms with Gasteiger partial charge in [-0.2, -0.15) is 0 Å². The molecule has 0 radical (unpaired) electrons. The summed E-state index contributed by atoms with van der Waals surface area (Å²) in [6.45, 7) is 2.54. The van der Waals surface area contributed by atoms with E-state index in [4.69, 9.17) is 11.1 Å². The minimum absolute atomic E-state index is 0.0361. The summed E-state index contributed by atoms with van der Waals surface area (Å²) in [6.07, 6.45) is 7.28. The average Bonchev–Trinajstić information content (AvgIpc) is 2.89. The van der Waals surface area contributed by atoms with Crippen LogP contribution in [0.5, 0.6) is 0 Å². The highest BCUT2D eigenvalue weighted by Crippen LogP contribution is 2.27. The SMILES string of the molecule is CN(C)C(=O)C(Cc1ccc(C(=N)N)cc1)C(=O)N[C@H](C(=O)NCC1CCNCC1)C1CCCCC1. The number of carbonyl (C=O) groups is 3. The summed E-state index contributed by atoms with van der Waals surface area (Å²) < 4.78 is 0. The van der Waals surface area contributed by atoms with Crippen LogP contribution in [0.1, 0.15) is 56.1 Å². The zero-order valence-electron chi connectivity index (χ0n) is 21.6. The standard InChI is InChI=1S/C27H42N6O3/c1-33(2)27(36)22(16-18-8-10-21(11-9-18)24(28)29)25(34)32-23(20-6-4-3-5-7-20)26(35)31-17-19-12-14-30-15-13-19/h8-11,19-20,22-23,30H,3-7,12-17H2,1-2H3,(H3,28,29)(H,31,35)(H,32,34)/t22?,23-/m0/s1. The van der Waals surface area contributed by atoms with Crippen molar-refractivity contribution in [2.45, 2.75) is 57.4 Å². The molecular weight excluding hydrogens is 456 g/mol. The van der Waals surface area contributed by atoms with Crippen molar-refractivity contribution in [3.63, 3.8) is 0 Å². The van der Waals surface area contributed by atoms with Crippen LogP contribution in [0.2, 0.25) is 0 Å². The molecule has 0 spiro atoms. The molecule has 9 nitrogen and oxygen atoms in total. The van der Waals surface area contributed by atoms with Crippen LogP contribution in [-0.2, 0) is 20.8 Å². The quantitative estimate of drug-likeness (QED) is 0.188. The van der Waals surface area contributed by atoms with E-state index in [1.807, 2.05) is 0 Å². The topological polar surface area (TPSA) is 140 Å². The van der Waals surface area contributed by atoms with Gasteiger partial charge in [-0.25, -0.2) is 0 Å². The zero-order chi connectivity index (χ0) is 26.1. The smallest absolute Gasteiger partial charge is 0.242 e. The Morgan fingerprint density at radius 1 is 1.03 bits per heavy atom. The van der Waals surface area contributed by atoms with Crippen LogP contribution < -0.4 is 21.7 Å². The van der Waals surface area contributed by atoms with Crippen LogP contribution in [-0.4, -0.2) is 68.2 Å². The van der Waals surface area contributed by atoms with Crippen LogP contribution in [0.3, 0.4) is 0 Å². The maximum atomic E-state index is 13.5. The van der Waals surface area contributed by atoms with Crippen molar-refractivity contribution < 1.29 is 14.4 Å². The van der Waals surface area contributed by atoms with Crippen LogP contribution in [0.15, 0.2) is 24.3 Å². The highest BCUT2D eigenvalue weighted by Gasteiger charge is 2.35. The summed E-state index contributed by atoms with van der Waals surface area (Å²) in [5.74, 6) is -1.34. The summed E-state index contributed by atoms with van der Waals surface area (Å²) in [6, 6.07) is 6.35. The molecule has 1 unspecified atom stereocenters. The fraction of sp³-hybridized carbons (Fsp3) is 0.630. The Bertz CT molecular complexity index is 905. The molecule has 36 heavy (non-hydrogen) atoms. The summed E-state index contributed by atoms with van der Waals surface area (Å²) in [5, 5.41) is 17.0. The van der Waals surface area contributed by atoms with Gasteiger partial charge in [0.05, 0.1) is 0 Å². The van der Waals surface area contributed by atoms with Gasteiger partial charge in [-0.3, -0.25) is 19.8 Å². The molecular formula is C27H42N6O3. The predicted molar refractivity (Wildman–Crippen MR) is 140 cm³/mol. The van der Waals surface area contributed by atoms with Crippen LogP contribution in [0.25, 0.3) is 0 Å². The molecule has 1 saturated carbocycles. The molecule has 1 aromatic carbocycles. The number of piperidine rings is 1. The van der Waals surface area contributed by atoms with Gasteiger partial charge in [0.2, 0.25) is 17.7 Å². The van der Waals surface area contributed by atoms with E-state index in [1.54, 1.807) is 38.4 Å². The lowest BCUT2D eigenvalue weighted by Gasteiger charge is -2.32. The summed E-state index contributed by atoms with van der Waals surface area (Å²) >= 11 is 0. The highest BCUT2D eigenvalue weighted by molar-refractivity contribution is 6.02. The number of benzene rings is 1. The minimum Gasteiger partial charge on any atom is -0.384 e. The lowest BCUT2D eigenvalue weighted by molar-refractivity contribution is -0.142. The van der Waals surface area contributed by atoms with Crippen molar-refractivity contribution >= 4 is 23.6 Å². The third-order valence-electron chi connectivity index (χ3n) is 7.49. The lowest BCUT2D eigenvalue weighted by Crippen LogP contribution is -2.55. The van der Waals surface area contributed by atoms with E-state index in [0.29, 0.717) is 18.0 Å². The fourth-order valence-corrected chi connectivity index (χ4v) is 5.22. The molecule has 2 aliphatic rings. The summed E-state index contributed by atoms with van der Waals surface area (Å²) in [4.78, 5) is 41.3. The number of nitrogens with two attached hydrogens (primary N) is 1. The second-order valence-corrected chi connectivity index (χ2v) is 10.4. The predicted octanol–water partition coefficient (Wildman–Crippen LogP) is 1.40. The first kappa shape index (κ1) is 27.6. The van der Waals surface area contributed by atoms with Gasteiger partial charge in [0.15, 0.2) is 0 Å². The van der Waals surface area contributed by atoms with Crippen LogP contribution >= 0.6 is 0 Å². The van der Waals surface area contributed by atoms with E-state index in [9.17, 15) is 14.4 Å². The third-order valence-corrected chi connectivity index (χ3v) is 7.49. The third kappa shape index (κ3) is 7.78. The Morgan fingerprint density at radius 3 is 2.25 bits per heavy atom. The van der Waals surface area contributed by atoms with Crippen molar-refractivity contribution in [2.75, 3.05) is 33.7 Å². The number of amidine groups is 1. The molecule has 0 bridgehead atoms. The minimum atomic E-state index is -0.952. The Morgan fingerprint density at radius 2 is 1.67 bits per heavy atom. The number of hydrogen-bond acceptors (Lipinski definition) is 5. The van der Waals surface area contributed by atoms with Crippen LogP contribution in [0, 0.1) is 23.2 Å². The van der Waals surface area contributed by atoms with Gasteiger partial charge in [0.1, 0.15) is 17.8 Å². The maximum absolute atomic E-state index is 13.5. The van der Waals surface area contributed by atoms with Crippen molar-refractivity contribution in [2.24, 2.45) is 23.5 Å². The molecule has 1 aliphatic heterocycles. The molecule has 1 aromatic rings. The van der Waals surface area contributed by atoms with Gasteiger partial charge in [0.25, 0.3) is 0 Å². The number of nitrogen functional groups attached to an aromatic ring is 1. The number of rotatable bonds is 10. The Kier molecular flexibility index (Phi) is 10.3. The van der Waals surface area contributed by atoms with Gasteiger partial charge in [0, 0.05) is 26.2 Å². The maximum Gasteiger partial charge on any atom is 0.242 e. The zero-order valence-corrected chi connectivity index (χ0v) is 21.6. The molecule has 1 saturated heterocycles. The van der Waals surface area contributed by atoms with E-state index in [1.165, 1.54) is 4.90 Å². The molecule has 1 heterocycles. The number of hydrogen-bond donors (Lipinski definition) is 5. The van der Waals surface area contributed by atoms with Crippen molar-refractivity contribution in [1.29, 1.82) is 5.41 Å². The number of carbonyl (C=O) groups excluding carboxylic acids is 3. The monoisotopic (exact) mass is 498 g/mol. The average molecular weight is 499 g/mol. The molecule has 9 heteroatoms. The first-order valence-corrected chi connectivity index (χ1v) is 13.2. The van der Waals surface area contributed by atoms with Crippen LogP contribution in [0.4, 0.5) is 0 Å². The molecule has 1 aliphatic carbocycles. The van der Waals surface area contributed by atoms with Crippen molar-refractivity contribution in [3.05, 3.63) is 35.4 Å². The van der Waals surface area contributed by atoms with Gasteiger partial charge in [-0.15, -0.1) is 0 Å². The van der Waals surface area contributed by atoms with E-state index in [-0.39, 0.29) is 30.0 Å². The Hall–Kier alpha value is -2.94. The van der Waals surface area contributed by atoms with E-state index in [2.05, 4.69) is 16.0 Å². The first-order chi connectivity index (χ1) is 17.3.